The van der Waals surface area contributed by atoms with Gasteiger partial charge < -0.3 is 10.6 Å². The second-order valence-corrected chi connectivity index (χ2v) is 5.79. The van der Waals surface area contributed by atoms with Crippen molar-refractivity contribution in [3.8, 4) is 0 Å². The van der Waals surface area contributed by atoms with E-state index in [4.69, 9.17) is 11.6 Å². The Morgan fingerprint density at radius 2 is 1.85 bits per heavy atom. The summed E-state index contributed by atoms with van der Waals surface area (Å²) in [5.41, 5.74) is 1.11. The molecule has 3 rings (SSSR count). The van der Waals surface area contributed by atoms with Gasteiger partial charge in [-0.1, -0.05) is 17.7 Å². The Balaban J connectivity index is 1.68. The zero-order valence-electron chi connectivity index (χ0n) is 13.3. The van der Waals surface area contributed by atoms with Crippen LogP contribution in [0.5, 0.6) is 0 Å². The molecule has 0 atom stereocenters. The minimum absolute atomic E-state index is 0.123. The van der Waals surface area contributed by atoms with Gasteiger partial charge >= 0.3 is 0 Å². The van der Waals surface area contributed by atoms with Crippen LogP contribution in [0.25, 0.3) is 0 Å². The van der Waals surface area contributed by atoms with Crippen molar-refractivity contribution in [2.24, 2.45) is 0 Å². The largest absolute Gasteiger partial charge is 0.339 e. The lowest BCUT2D eigenvalue weighted by atomic mass is 10.1. The number of nitrogens with zero attached hydrogens (tertiary/aromatic N) is 2. The van der Waals surface area contributed by atoms with E-state index in [1.807, 2.05) is 0 Å². The topological polar surface area (TPSA) is 66.9 Å². The Morgan fingerprint density at radius 1 is 1.08 bits per heavy atom. The van der Waals surface area contributed by atoms with E-state index < -0.39 is 11.7 Å². The molecule has 0 bridgehead atoms. The fraction of sp³-hybridized carbons (Fsp3) is 0.0556. The Morgan fingerprint density at radius 3 is 2.58 bits per heavy atom. The van der Waals surface area contributed by atoms with Crippen molar-refractivity contribution in [2.45, 2.75) is 6.42 Å². The van der Waals surface area contributed by atoms with Crippen molar-refractivity contribution in [2.75, 3.05) is 10.6 Å². The maximum Gasteiger partial charge on any atom is 0.229 e. The minimum Gasteiger partial charge on any atom is -0.339 e. The molecule has 0 aliphatic carbocycles. The molecular formula is C18H13ClF2N4O. The molecule has 0 unspecified atom stereocenters. The number of amides is 1. The van der Waals surface area contributed by atoms with Gasteiger partial charge in [-0.15, -0.1) is 5.10 Å². The third kappa shape index (κ3) is 4.52. The highest BCUT2D eigenvalue weighted by molar-refractivity contribution is 6.31. The van der Waals surface area contributed by atoms with E-state index in [1.54, 1.807) is 18.2 Å². The van der Waals surface area contributed by atoms with Crippen LogP contribution in [0.1, 0.15) is 5.56 Å². The summed E-state index contributed by atoms with van der Waals surface area (Å²) in [6, 6.07) is 11.5. The van der Waals surface area contributed by atoms with Gasteiger partial charge in [-0.2, -0.15) is 5.10 Å². The molecule has 1 amide bonds. The van der Waals surface area contributed by atoms with Crippen LogP contribution < -0.4 is 10.6 Å². The summed E-state index contributed by atoms with van der Waals surface area (Å²) in [5.74, 6) is -0.982. The summed E-state index contributed by atoms with van der Waals surface area (Å²) < 4.78 is 26.7. The smallest absolute Gasteiger partial charge is 0.229 e. The molecule has 3 aromatic rings. The van der Waals surface area contributed by atoms with Crippen LogP contribution in [-0.4, -0.2) is 16.1 Å². The van der Waals surface area contributed by atoms with E-state index in [1.165, 1.54) is 36.5 Å². The van der Waals surface area contributed by atoms with E-state index >= 15 is 0 Å². The highest BCUT2D eigenvalue weighted by Gasteiger charge is 2.12. The van der Waals surface area contributed by atoms with Crippen LogP contribution in [0.3, 0.4) is 0 Å². The summed E-state index contributed by atoms with van der Waals surface area (Å²) in [6.07, 6.45) is 1.14. The van der Waals surface area contributed by atoms with Gasteiger partial charge in [-0.25, -0.2) is 8.78 Å². The summed E-state index contributed by atoms with van der Waals surface area (Å²) in [5, 5.41) is 13.4. The highest BCUT2D eigenvalue weighted by Crippen LogP contribution is 2.21. The number of hydrogen-bond acceptors (Lipinski definition) is 4. The van der Waals surface area contributed by atoms with Crippen molar-refractivity contribution in [3.05, 3.63) is 76.9 Å². The summed E-state index contributed by atoms with van der Waals surface area (Å²) in [6.45, 7) is 0. The van der Waals surface area contributed by atoms with E-state index in [-0.39, 0.29) is 22.8 Å². The lowest BCUT2D eigenvalue weighted by Gasteiger charge is -2.09. The third-order valence-corrected chi connectivity index (χ3v) is 3.81. The first-order chi connectivity index (χ1) is 12.5. The molecule has 26 heavy (non-hydrogen) atoms. The molecule has 1 heterocycles. The standard InChI is InChI=1S/C18H13ClF2N4O/c19-15-2-1-3-16(21)14(15)9-18(26)24-13-8-17(25-22-10-13)23-12-6-4-11(20)5-7-12/h1-8,10H,9H2,(H2,23,24,25,26). The van der Waals surface area contributed by atoms with Crippen molar-refractivity contribution in [3.63, 3.8) is 0 Å². The van der Waals surface area contributed by atoms with Gasteiger partial charge in [-0.05, 0) is 36.4 Å². The molecule has 1 aromatic heterocycles. The number of anilines is 3. The molecule has 132 valence electrons. The lowest BCUT2D eigenvalue weighted by molar-refractivity contribution is -0.115. The fourth-order valence-electron chi connectivity index (χ4n) is 2.24. The van der Waals surface area contributed by atoms with Crippen LogP contribution in [0.2, 0.25) is 5.02 Å². The number of benzene rings is 2. The van der Waals surface area contributed by atoms with E-state index in [0.717, 1.165) is 0 Å². The van der Waals surface area contributed by atoms with Gasteiger partial charge in [-0.3, -0.25) is 4.79 Å². The van der Waals surface area contributed by atoms with E-state index in [9.17, 15) is 13.6 Å². The molecule has 8 heteroatoms. The number of nitrogens with one attached hydrogen (secondary N) is 2. The molecule has 0 saturated carbocycles. The average molecular weight is 375 g/mol. The van der Waals surface area contributed by atoms with Gasteiger partial charge in [0.25, 0.3) is 0 Å². The molecule has 0 spiro atoms. The third-order valence-electron chi connectivity index (χ3n) is 3.45. The van der Waals surface area contributed by atoms with Crippen LogP contribution >= 0.6 is 11.6 Å². The van der Waals surface area contributed by atoms with Crippen LogP contribution in [-0.2, 0) is 11.2 Å². The number of carbonyl (C=O) groups excluding carboxylic acids is 1. The number of rotatable bonds is 5. The molecule has 0 radical (unpaired) electrons. The monoisotopic (exact) mass is 374 g/mol. The fourth-order valence-corrected chi connectivity index (χ4v) is 2.47. The second kappa shape index (κ2) is 7.88. The molecule has 2 N–H and O–H groups in total. The lowest BCUT2D eigenvalue weighted by Crippen LogP contribution is -2.16. The number of halogens is 3. The van der Waals surface area contributed by atoms with Gasteiger partial charge in [0.15, 0.2) is 5.82 Å². The van der Waals surface area contributed by atoms with Crippen molar-refractivity contribution < 1.29 is 13.6 Å². The molecule has 0 aliphatic heterocycles. The Hall–Kier alpha value is -3.06. The quantitative estimate of drug-likeness (QED) is 0.697. The maximum absolute atomic E-state index is 13.8. The Bertz CT molecular complexity index is 914. The molecule has 0 fully saturated rings. The first kappa shape index (κ1) is 17.8. The average Bonchev–Trinajstić information content (AvgIpc) is 2.61. The number of carbonyl (C=O) groups is 1. The minimum atomic E-state index is -0.542. The summed E-state index contributed by atoms with van der Waals surface area (Å²) in [7, 11) is 0. The van der Waals surface area contributed by atoms with E-state index in [2.05, 4.69) is 20.8 Å². The highest BCUT2D eigenvalue weighted by atomic mass is 35.5. The Kier molecular flexibility index (Phi) is 5.38. The predicted molar refractivity (Wildman–Crippen MR) is 95.5 cm³/mol. The number of aromatic nitrogens is 2. The molecule has 5 nitrogen and oxygen atoms in total. The van der Waals surface area contributed by atoms with Crippen molar-refractivity contribution in [1.82, 2.24) is 10.2 Å². The summed E-state index contributed by atoms with van der Waals surface area (Å²) >= 11 is 5.92. The first-order valence-corrected chi connectivity index (χ1v) is 7.97. The normalized spacial score (nSPS) is 10.4. The SMILES string of the molecule is O=C(Cc1c(F)cccc1Cl)Nc1cnnc(Nc2ccc(F)cc2)c1. The zero-order chi connectivity index (χ0) is 18.5. The van der Waals surface area contributed by atoms with E-state index in [0.29, 0.717) is 17.2 Å². The number of hydrogen-bond donors (Lipinski definition) is 2. The van der Waals surface area contributed by atoms with Crippen molar-refractivity contribution >= 4 is 34.7 Å². The van der Waals surface area contributed by atoms with Gasteiger partial charge in [0, 0.05) is 22.3 Å². The molecule has 0 aliphatic rings. The van der Waals surface area contributed by atoms with Crippen LogP contribution in [0.15, 0.2) is 54.7 Å². The van der Waals surface area contributed by atoms with Crippen LogP contribution in [0.4, 0.5) is 26.0 Å². The predicted octanol–water partition coefficient (Wildman–Crippen LogP) is 4.33. The second-order valence-electron chi connectivity index (χ2n) is 5.39. The summed E-state index contributed by atoms with van der Waals surface area (Å²) in [4.78, 5) is 12.1. The first-order valence-electron chi connectivity index (χ1n) is 7.59. The molecule has 2 aromatic carbocycles. The van der Waals surface area contributed by atoms with Gasteiger partial charge in [0.2, 0.25) is 5.91 Å². The van der Waals surface area contributed by atoms with Crippen molar-refractivity contribution in [1.29, 1.82) is 0 Å². The molecular weight excluding hydrogens is 362 g/mol. The molecule has 0 saturated heterocycles. The van der Waals surface area contributed by atoms with Crippen LogP contribution in [0, 0.1) is 11.6 Å². The van der Waals surface area contributed by atoms with Gasteiger partial charge in [0.1, 0.15) is 11.6 Å². The maximum atomic E-state index is 13.8. The zero-order valence-corrected chi connectivity index (χ0v) is 14.1. The van der Waals surface area contributed by atoms with Gasteiger partial charge in [0.05, 0.1) is 18.3 Å². The Labute approximate surface area is 153 Å².